The fourth-order valence-corrected chi connectivity index (χ4v) is 2.09. The number of nitrogens with zero attached hydrogens (tertiary/aromatic N) is 2. The summed E-state index contributed by atoms with van der Waals surface area (Å²) in [6.07, 6.45) is 0. The molecule has 0 aliphatic heterocycles. The zero-order valence-corrected chi connectivity index (χ0v) is 10.4. The van der Waals surface area contributed by atoms with Crippen molar-refractivity contribution < 1.29 is 4.39 Å². The van der Waals surface area contributed by atoms with Crippen molar-refractivity contribution in [2.75, 3.05) is 5.43 Å². The standard InChI is InChI=1S/C14H11FN4O/c15-10-6-2-4-8-12(10)19-13(20)9-5-1-3-7-11(9)17-14(19)18-16/h1-8H,16H2,(H,17,18). The van der Waals surface area contributed by atoms with Gasteiger partial charge in [-0.25, -0.2) is 19.8 Å². The van der Waals surface area contributed by atoms with Crippen molar-refractivity contribution in [1.82, 2.24) is 9.55 Å². The van der Waals surface area contributed by atoms with Crippen LogP contribution in [0.5, 0.6) is 0 Å². The summed E-state index contributed by atoms with van der Waals surface area (Å²) in [7, 11) is 0. The number of halogens is 1. The Morgan fingerprint density at radius 1 is 1.10 bits per heavy atom. The number of anilines is 1. The number of hydrazine groups is 1. The molecule has 0 spiro atoms. The van der Waals surface area contributed by atoms with Gasteiger partial charge in [0, 0.05) is 0 Å². The van der Waals surface area contributed by atoms with Gasteiger partial charge in [0.05, 0.1) is 16.6 Å². The minimum atomic E-state index is -0.525. The highest BCUT2D eigenvalue weighted by Gasteiger charge is 2.14. The van der Waals surface area contributed by atoms with Crippen LogP contribution >= 0.6 is 0 Å². The lowest BCUT2D eigenvalue weighted by molar-refractivity contribution is 0.616. The van der Waals surface area contributed by atoms with E-state index in [9.17, 15) is 9.18 Å². The van der Waals surface area contributed by atoms with Crippen molar-refractivity contribution in [2.45, 2.75) is 0 Å². The first kappa shape index (κ1) is 12.3. The minimum absolute atomic E-state index is 0.0822. The SMILES string of the molecule is NNc1nc2ccccc2c(=O)n1-c1ccccc1F. The van der Waals surface area contributed by atoms with Gasteiger partial charge < -0.3 is 0 Å². The first-order chi connectivity index (χ1) is 9.72. The molecule has 5 nitrogen and oxygen atoms in total. The van der Waals surface area contributed by atoms with Gasteiger partial charge in [-0.2, -0.15) is 0 Å². The van der Waals surface area contributed by atoms with Crippen molar-refractivity contribution in [1.29, 1.82) is 0 Å². The van der Waals surface area contributed by atoms with Crippen LogP contribution in [-0.2, 0) is 0 Å². The molecule has 20 heavy (non-hydrogen) atoms. The van der Waals surface area contributed by atoms with E-state index in [-0.39, 0.29) is 17.2 Å². The highest BCUT2D eigenvalue weighted by molar-refractivity contribution is 5.79. The lowest BCUT2D eigenvalue weighted by atomic mass is 10.2. The van der Waals surface area contributed by atoms with Crippen LogP contribution in [0.3, 0.4) is 0 Å². The van der Waals surface area contributed by atoms with Gasteiger partial charge in [0.25, 0.3) is 5.56 Å². The number of rotatable bonds is 2. The van der Waals surface area contributed by atoms with Crippen LogP contribution in [-0.4, -0.2) is 9.55 Å². The maximum atomic E-state index is 13.9. The summed E-state index contributed by atoms with van der Waals surface area (Å²) in [5, 5.41) is 0.398. The van der Waals surface area contributed by atoms with E-state index in [1.54, 1.807) is 36.4 Å². The van der Waals surface area contributed by atoms with E-state index < -0.39 is 5.82 Å². The van der Waals surface area contributed by atoms with E-state index in [2.05, 4.69) is 10.4 Å². The molecule has 100 valence electrons. The second-order valence-corrected chi connectivity index (χ2v) is 4.19. The van der Waals surface area contributed by atoms with Crippen LogP contribution in [0.15, 0.2) is 53.3 Å². The maximum absolute atomic E-state index is 13.9. The molecule has 0 saturated heterocycles. The van der Waals surface area contributed by atoms with Crippen LogP contribution < -0.4 is 16.8 Å². The summed E-state index contributed by atoms with van der Waals surface area (Å²) in [5.74, 6) is 4.96. The molecule has 0 fully saturated rings. The van der Waals surface area contributed by atoms with E-state index >= 15 is 0 Å². The van der Waals surface area contributed by atoms with E-state index in [1.807, 2.05) is 0 Å². The molecule has 0 bridgehead atoms. The summed E-state index contributed by atoms with van der Waals surface area (Å²) in [6.45, 7) is 0. The van der Waals surface area contributed by atoms with Crippen LogP contribution in [0.25, 0.3) is 16.6 Å². The third-order valence-electron chi connectivity index (χ3n) is 3.00. The second-order valence-electron chi connectivity index (χ2n) is 4.19. The van der Waals surface area contributed by atoms with Crippen molar-refractivity contribution in [3.8, 4) is 5.69 Å². The lowest BCUT2D eigenvalue weighted by Gasteiger charge is -2.13. The highest BCUT2D eigenvalue weighted by atomic mass is 19.1. The summed E-state index contributed by atoms with van der Waals surface area (Å²) in [5.41, 5.74) is 2.56. The molecule has 1 aromatic heterocycles. The maximum Gasteiger partial charge on any atom is 0.267 e. The van der Waals surface area contributed by atoms with Crippen molar-refractivity contribution >= 4 is 16.9 Å². The fraction of sp³-hybridized carbons (Fsp3) is 0. The van der Waals surface area contributed by atoms with Crippen molar-refractivity contribution in [2.24, 2.45) is 5.84 Å². The fourth-order valence-electron chi connectivity index (χ4n) is 2.09. The average Bonchev–Trinajstić information content (AvgIpc) is 2.48. The van der Waals surface area contributed by atoms with Gasteiger partial charge in [-0.3, -0.25) is 10.2 Å². The topological polar surface area (TPSA) is 72.9 Å². The summed E-state index contributed by atoms with van der Waals surface area (Å²) < 4.78 is 15.0. The van der Waals surface area contributed by atoms with Gasteiger partial charge in [-0.1, -0.05) is 24.3 Å². The van der Waals surface area contributed by atoms with Crippen LogP contribution in [0.1, 0.15) is 0 Å². The minimum Gasteiger partial charge on any atom is -0.293 e. The average molecular weight is 270 g/mol. The van der Waals surface area contributed by atoms with E-state index in [0.717, 1.165) is 4.57 Å². The molecule has 1 heterocycles. The first-order valence-electron chi connectivity index (χ1n) is 5.95. The smallest absolute Gasteiger partial charge is 0.267 e. The largest absolute Gasteiger partial charge is 0.293 e. The number of hydrogen-bond donors (Lipinski definition) is 2. The Balaban J connectivity index is 2.43. The zero-order valence-electron chi connectivity index (χ0n) is 10.4. The molecular weight excluding hydrogens is 259 g/mol. The summed E-state index contributed by atoms with van der Waals surface area (Å²) in [4.78, 5) is 16.8. The first-order valence-corrected chi connectivity index (χ1v) is 5.95. The van der Waals surface area contributed by atoms with Crippen LogP contribution in [0, 0.1) is 5.82 Å². The molecule has 0 saturated carbocycles. The van der Waals surface area contributed by atoms with Crippen LogP contribution in [0.4, 0.5) is 10.3 Å². The van der Waals surface area contributed by atoms with E-state index in [0.29, 0.717) is 10.9 Å². The molecular formula is C14H11FN4O. The molecule has 2 aromatic carbocycles. The molecule has 0 aliphatic carbocycles. The van der Waals surface area contributed by atoms with Gasteiger partial charge in [0.15, 0.2) is 0 Å². The number of hydrogen-bond acceptors (Lipinski definition) is 4. The molecule has 0 radical (unpaired) electrons. The third kappa shape index (κ3) is 1.83. The normalized spacial score (nSPS) is 10.7. The van der Waals surface area contributed by atoms with Crippen LogP contribution in [0.2, 0.25) is 0 Å². The van der Waals surface area contributed by atoms with Gasteiger partial charge in [-0.15, -0.1) is 0 Å². The molecule has 0 aliphatic rings. The van der Waals surface area contributed by atoms with Gasteiger partial charge in [-0.05, 0) is 24.3 Å². The Morgan fingerprint density at radius 3 is 2.55 bits per heavy atom. The number of fused-ring (bicyclic) bond motifs is 1. The Bertz CT molecular complexity index is 844. The van der Waals surface area contributed by atoms with Gasteiger partial charge in [0.1, 0.15) is 5.82 Å². The Hall–Kier alpha value is -2.73. The van der Waals surface area contributed by atoms with E-state index in [4.69, 9.17) is 5.84 Å². The Kier molecular flexibility index (Phi) is 2.92. The summed E-state index contributed by atoms with van der Waals surface area (Å²) in [6, 6.07) is 12.8. The lowest BCUT2D eigenvalue weighted by Crippen LogP contribution is -2.26. The van der Waals surface area contributed by atoms with Gasteiger partial charge in [0.2, 0.25) is 5.95 Å². The number of nitrogens with one attached hydrogen (secondary N) is 1. The number of para-hydroxylation sites is 2. The molecule has 0 atom stereocenters. The molecule has 3 N–H and O–H groups in total. The van der Waals surface area contributed by atoms with Gasteiger partial charge >= 0.3 is 0 Å². The monoisotopic (exact) mass is 270 g/mol. The zero-order chi connectivity index (χ0) is 14.1. The second kappa shape index (κ2) is 4.75. The highest BCUT2D eigenvalue weighted by Crippen LogP contribution is 2.17. The predicted octanol–water partition coefficient (Wildman–Crippen LogP) is 1.81. The predicted molar refractivity (Wildman–Crippen MR) is 75.1 cm³/mol. The molecule has 3 rings (SSSR count). The Labute approximate surface area is 113 Å². The number of benzene rings is 2. The quantitative estimate of drug-likeness (QED) is 0.550. The molecule has 3 aromatic rings. The van der Waals surface area contributed by atoms with E-state index in [1.165, 1.54) is 12.1 Å². The number of nitrogens with two attached hydrogens (primary N) is 1. The third-order valence-corrected chi connectivity index (χ3v) is 3.00. The number of nitrogen functional groups attached to an aromatic ring is 1. The Morgan fingerprint density at radius 2 is 1.80 bits per heavy atom. The molecule has 0 amide bonds. The van der Waals surface area contributed by atoms with Crippen molar-refractivity contribution in [3.05, 3.63) is 64.7 Å². The molecule has 6 heteroatoms. The number of aromatic nitrogens is 2. The molecule has 0 unspecified atom stereocenters. The summed E-state index contributed by atoms with van der Waals surface area (Å²) >= 11 is 0. The van der Waals surface area contributed by atoms with Crippen molar-refractivity contribution in [3.63, 3.8) is 0 Å².